The highest BCUT2D eigenvalue weighted by atomic mass is 19.4. The molecule has 1 aliphatic rings. The number of benzene rings is 2. The number of aliphatic hydroxyl groups excluding tert-OH is 1. The van der Waals surface area contributed by atoms with E-state index in [1.165, 1.54) is 28.9 Å². The molecule has 0 bridgehead atoms. The van der Waals surface area contributed by atoms with Gasteiger partial charge in [0.15, 0.2) is 6.10 Å². The van der Waals surface area contributed by atoms with Crippen LogP contribution in [-0.4, -0.2) is 64.5 Å². The summed E-state index contributed by atoms with van der Waals surface area (Å²) < 4.78 is 40.9. The van der Waals surface area contributed by atoms with E-state index in [-0.39, 0.29) is 19.5 Å². The van der Waals surface area contributed by atoms with Crippen molar-refractivity contribution in [1.29, 1.82) is 0 Å². The van der Waals surface area contributed by atoms with Crippen LogP contribution in [0.15, 0.2) is 54.6 Å². The van der Waals surface area contributed by atoms with Gasteiger partial charge in [-0.3, -0.25) is 9.59 Å². The van der Waals surface area contributed by atoms with Crippen LogP contribution in [0.2, 0.25) is 0 Å². The minimum Gasteiger partial charge on any atom is -0.479 e. The van der Waals surface area contributed by atoms with E-state index < -0.39 is 48.0 Å². The number of alkyl halides is 3. The number of aliphatic carboxylic acids is 1. The fourth-order valence-corrected chi connectivity index (χ4v) is 3.84. The summed E-state index contributed by atoms with van der Waals surface area (Å²) in [5.74, 6) is -4.45. The molecule has 0 radical (unpaired) electrons. The van der Waals surface area contributed by atoms with Crippen molar-refractivity contribution in [3.63, 3.8) is 0 Å². The van der Waals surface area contributed by atoms with E-state index in [0.717, 1.165) is 12.1 Å². The first-order chi connectivity index (χ1) is 16.0. The van der Waals surface area contributed by atoms with Crippen LogP contribution in [-0.2, 0) is 20.8 Å². The molecule has 3 rings (SSSR count). The van der Waals surface area contributed by atoms with Gasteiger partial charge in [-0.1, -0.05) is 30.3 Å². The predicted molar refractivity (Wildman–Crippen MR) is 114 cm³/mol. The zero-order valence-corrected chi connectivity index (χ0v) is 18.1. The lowest BCUT2D eigenvalue weighted by Crippen LogP contribution is -2.60. The van der Waals surface area contributed by atoms with E-state index in [2.05, 4.69) is 4.74 Å². The Labute approximate surface area is 193 Å². The van der Waals surface area contributed by atoms with Gasteiger partial charge in [0.25, 0.3) is 0 Å². The molecule has 1 fully saturated rings. The summed E-state index contributed by atoms with van der Waals surface area (Å²) in [6, 6.07) is 12.4. The van der Waals surface area contributed by atoms with Crippen molar-refractivity contribution in [1.82, 2.24) is 4.90 Å². The van der Waals surface area contributed by atoms with Gasteiger partial charge in [0.1, 0.15) is 11.8 Å². The van der Waals surface area contributed by atoms with E-state index in [1.807, 2.05) is 0 Å². The largest absolute Gasteiger partial charge is 0.573 e. The van der Waals surface area contributed by atoms with E-state index in [9.17, 15) is 37.8 Å². The summed E-state index contributed by atoms with van der Waals surface area (Å²) in [7, 11) is 0. The molecule has 0 spiro atoms. The van der Waals surface area contributed by atoms with Gasteiger partial charge in [0.2, 0.25) is 11.8 Å². The molecule has 2 amide bonds. The van der Waals surface area contributed by atoms with Crippen molar-refractivity contribution in [2.75, 3.05) is 18.0 Å². The molecule has 8 nitrogen and oxygen atoms in total. The Morgan fingerprint density at radius 1 is 1.09 bits per heavy atom. The first-order valence-electron chi connectivity index (χ1n) is 10.4. The number of carboxylic acids is 1. The van der Waals surface area contributed by atoms with Gasteiger partial charge in [-0.25, -0.2) is 4.79 Å². The highest BCUT2D eigenvalue weighted by Crippen LogP contribution is 2.28. The molecule has 11 heteroatoms. The summed E-state index contributed by atoms with van der Waals surface area (Å²) >= 11 is 0. The van der Waals surface area contributed by atoms with Gasteiger partial charge < -0.3 is 24.7 Å². The molecule has 0 unspecified atom stereocenters. The number of nitrogens with zero attached hydrogens (tertiary/aromatic N) is 2. The van der Waals surface area contributed by atoms with E-state index in [0.29, 0.717) is 11.3 Å². The highest BCUT2D eigenvalue weighted by molar-refractivity contribution is 6.01. The molecular weight excluding hydrogens is 457 g/mol. The number of rotatable bonds is 7. The third-order valence-electron chi connectivity index (χ3n) is 5.57. The van der Waals surface area contributed by atoms with Crippen molar-refractivity contribution in [3.05, 3.63) is 60.2 Å². The number of carbonyl (C=O) groups excluding carboxylic acids is 2. The molecular formula is C23H23F3N2O6. The van der Waals surface area contributed by atoms with Crippen molar-refractivity contribution < 1.29 is 42.5 Å². The lowest BCUT2D eigenvalue weighted by molar-refractivity contribution is -0.274. The van der Waals surface area contributed by atoms with Crippen LogP contribution < -0.4 is 9.64 Å². The van der Waals surface area contributed by atoms with Crippen LogP contribution in [0.3, 0.4) is 0 Å². The standard InChI is InChI=1S/C23H23F3N2O6/c1-14-20(30)28(16-7-9-17(10-8-16)34-23(24,25)26)12-11-27(14)21(31)18(19(29)22(32)33)13-15-5-3-2-4-6-15/h2-10,14,18-19,29H,11-13H2,1H3,(H,32,33)/t14-,18+,19+/m1/s1. The number of halogens is 3. The minimum atomic E-state index is -4.84. The molecule has 1 saturated heterocycles. The molecule has 34 heavy (non-hydrogen) atoms. The molecule has 3 atom stereocenters. The second-order valence-electron chi connectivity index (χ2n) is 7.82. The van der Waals surface area contributed by atoms with Gasteiger partial charge in [-0.2, -0.15) is 0 Å². The summed E-state index contributed by atoms with van der Waals surface area (Å²) in [4.78, 5) is 40.2. The minimum absolute atomic E-state index is 0.0328. The predicted octanol–water partition coefficient (Wildman–Crippen LogP) is 2.45. The van der Waals surface area contributed by atoms with Crippen LogP contribution in [0.25, 0.3) is 0 Å². The number of aliphatic hydroxyl groups is 1. The highest BCUT2D eigenvalue weighted by Gasteiger charge is 2.41. The van der Waals surface area contributed by atoms with Crippen molar-refractivity contribution in [2.45, 2.75) is 31.9 Å². The second-order valence-corrected chi connectivity index (χ2v) is 7.82. The molecule has 0 saturated carbocycles. The zero-order valence-electron chi connectivity index (χ0n) is 18.1. The Morgan fingerprint density at radius 2 is 1.71 bits per heavy atom. The van der Waals surface area contributed by atoms with Crippen molar-refractivity contribution >= 4 is 23.5 Å². The molecule has 1 heterocycles. The second kappa shape index (κ2) is 10.1. The Hall–Kier alpha value is -3.60. The first kappa shape index (κ1) is 25.0. The number of carbonyl (C=O) groups is 3. The Bertz CT molecular complexity index is 1030. The lowest BCUT2D eigenvalue weighted by Gasteiger charge is -2.40. The third kappa shape index (κ3) is 5.84. The van der Waals surface area contributed by atoms with Gasteiger partial charge in [-0.05, 0) is 43.2 Å². The number of amides is 2. The van der Waals surface area contributed by atoms with Crippen LogP contribution in [0.1, 0.15) is 12.5 Å². The monoisotopic (exact) mass is 480 g/mol. The Balaban J connectivity index is 1.75. The summed E-state index contributed by atoms with van der Waals surface area (Å²) in [5, 5.41) is 19.5. The number of ether oxygens (including phenoxy) is 1. The van der Waals surface area contributed by atoms with Gasteiger partial charge in [0.05, 0.1) is 5.92 Å². The molecule has 2 aromatic rings. The van der Waals surface area contributed by atoms with Crippen LogP contribution in [0.5, 0.6) is 5.75 Å². The molecule has 0 aliphatic carbocycles. The average Bonchev–Trinajstić information content (AvgIpc) is 2.78. The number of carboxylic acid groups (broad SMARTS) is 1. The van der Waals surface area contributed by atoms with Gasteiger partial charge in [0, 0.05) is 18.8 Å². The Kier molecular flexibility index (Phi) is 7.45. The van der Waals surface area contributed by atoms with E-state index in [4.69, 9.17) is 0 Å². The average molecular weight is 480 g/mol. The SMILES string of the molecule is C[C@@H]1C(=O)N(c2ccc(OC(F)(F)F)cc2)CCN1C(=O)[C@@H](Cc1ccccc1)[C@H](O)C(=O)O. The normalized spacial score (nSPS) is 18.4. The van der Waals surface area contributed by atoms with Crippen LogP contribution in [0, 0.1) is 5.92 Å². The van der Waals surface area contributed by atoms with Gasteiger partial charge >= 0.3 is 12.3 Å². The third-order valence-corrected chi connectivity index (χ3v) is 5.57. The number of piperazine rings is 1. The number of hydrogen-bond acceptors (Lipinski definition) is 5. The molecule has 2 N–H and O–H groups in total. The maximum absolute atomic E-state index is 13.2. The first-order valence-corrected chi connectivity index (χ1v) is 10.4. The Morgan fingerprint density at radius 3 is 2.26 bits per heavy atom. The maximum Gasteiger partial charge on any atom is 0.573 e. The molecule has 0 aromatic heterocycles. The van der Waals surface area contributed by atoms with Crippen molar-refractivity contribution in [2.24, 2.45) is 5.92 Å². The fraction of sp³-hybridized carbons (Fsp3) is 0.348. The van der Waals surface area contributed by atoms with Crippen molar-refractivity contribution in [3.8, 4) is 5.75 Å². The van der Waals surface area contributed by atoms with E-state index in [1.54, 1.807) is 30.3 Å². The number of hydrogen-bond donors (Lipinski definition) is 2. The van der Waals surface area contributed by atoms with E-state index >= 15 is 0 Å². The van der Waals surface area contributed by atoms with Crippen LogP contribution in [0.4, 0.5) is 18.9 Å². The summed E-state index contributed by atoms with van der Waals surface area (Å²) in [6.45, 7) is 1.56. The zero-order chi connectivity index (χ0) is 25.0. The lowest BCUT2D eigenvalue weighted by atomic mass is 9.91. The summed E-state index contributed by atoms with van der Waals surface area (Å²) in [6.07, 6.45) is -6.84. The number of anilines is 1. The molecule has 2 aromatic carbocycles. The smallest absolute Gasteiger partial charge is 0.479 e. The quantitative estimate of drug-likeness (QED) is 0.631. The molecule has 182 valence electrons. The van der Waals surface area contributed by atoms with Crippen LogP contribution >= 0.6 is 0 Å². The summed E-state index contributed by atoms with van der Waals surface area (Å²) in [5.41, 5.74) is 0.977. The molecule has 1 aliphatic heterocycles. The fourth-order valence-electron chi connectivity index (χ4n) is 3.84. The van der Waals surface area contributed by atoms with Gasteiger partial charge in [-0.15, -0.1) is 13.2 Å². The maximum atomic E-state index is 13.2. The topological polar surface area (TPSA) is 107 Å².